The maximum absolute atomic E-state index is 12.7. The Morgan fingerprint density at radius 1 is 1.04 bits per heavy atom. The predicted molar refractivity (Wildman–Crippen MR) is 109 cm³/mol. The largest absolute Gasteiger partial charge is 0.312 e. The molecule has 0 saturated carbocycles. The first-order chi connectivity index (χ1) is 12.8. The van der Waals surface area contributed by atoms with Gasteiger partial charge in [-0.2, -0.15) is 0 Å². The number of anilines is 2. The molecule has 1 N–H and O–H groups in total. The number of amides is 1. The van der Waals surface area contributed by atoms with Crippen molar-refractivity contribution >= 4 is 27.3 Å². The third-order valence-electron chi connectivity index (χ3n) is 5.06. The third-order valence-corrected chi connectivity index (χ3v) is 6.43. The van der Waals surface area contributed by atoms with Crippen LogP contribution in [-0.2, 0) is 21.2 Å². The van der Waals surface area contributed by atoms with Crippen molar-refractivity contribution in [2.75, 3.05) is 16.2 Å². The number of hydrogen-bond acceptors (Lipinski definition) is 3. The summed E-state index contributed by atoms with van der Waals surface area (Å²) >= 11 is 0. The SMILES string of the molecule is CCCCN1C(=O)CCc2cc(NS(=O)(=O)c3ccc(C)c(C)c3)ccc21. The molecule has 0 spiro atoms. The number of hydrogen-bond donors (Lipinski definition) is 1. The highest BCUT2D eigenvalue weighted by Crippen LogP contribution is 2.31. The molecular weight excluding hydrogens is 360 g/mol. The quantitative estimate of drug-likeness (QED) is 0.810. The molecular formula is C21H26N2O3S. The van der Waals surface area contributed by atoms with Crippen molar-refractivity contribution in [3.63, 3.8) is 0 Å². The first-order valence-corrected chi connectivity index (χ1v) is 10.8. The highest BCUT2D eigenvalue weighted by atomic mass is 32.2. The van der Waals surface area contributed by atoms with Crippen molar-refractivity contribution in [1.29, 1.82) is 0 Å². The maximum Gasteiger partial charge on any atom is 0.261 e. The van der Waals surface area contributed by atoms with E-state index in [9.17, 15) is 13.2 Å². The van der Waals surface area contributed by atoms with Gasteiger partial charge in [0.05, 0.1) is 4.90 Å². The van der Waals surface area contributed by atoms with Gasteiger partial charge in [0.15, 0.2) is 0 Å². The van der Waals surface area contributed by atoms with Gasteiger partial charge >= 0.3 is 0 Å². The molecule has 2 aromatic rings. The fourth-order valence-electron chi connectivity index (χ4n) is 3.28. The third kappa shape index (κ3) is 4.16. The van der Waals surface area contributed by atoms with E-state index in [-0.39, 0.29) is 10.8 Å². The van der Waals surface area contributed by atoms with Crippen molar-refractivity contribution in [3.05, 3.63) is 53.1 Å². The number of sulfonamides is 1. The summed E-state index contributed by atoms with van der Waals surface area (Å²) in [5, 5.41) is 0. The monoisotopic (exact) mass is 386 g/mol. The number of rotatable bonds is 6. The molecule has 1 heterocycles. The summed E-state index contributed by atoms with van der Waals surface area (Å²) < 4.78 is 28.1. The Morgan fingerprint density at radius 3 is 2.52 bits per heavy atom. The molecule has 0 fully saturated rings. The minimum atomic E-state index is -3.65. The van der Waals surface area contributed by atoms with E-state index in [2.05, 4.69) is 11.6 Å². The molecule has 1 aliphatic rings. The zero-order valence-electron chi connectivity index (χ0n) is 16.1. The summed E-state index contributed by atoms with van der Waals surface area (Å²) in [6, 6.07) is 10.5. The summed E-state index contributed by atoms with van der Waals surface area (Å²) in [6.45, 7) is 6.65. The molecule has 144 valence electrons. The van der Waals surface area contributed by atoms with E-state index in [0.29, 0.717) is 25.1 Å². The van der Waals surface area contributed by atoms with E-state index in [0.717, 1.165) is 35.2 Å². The van der Waals surface area contributed by atoms with Crippen LogP contribution in [-0.4, -0.2) is 20.9 Å². The fourth-order valence-corrected chi connectivity index (χ4v) is 4.41. The summed E-state index contributed by atoms with van der Waals surface area (Å²) in [4.78, 5) is 14.3. The maximum atomic E-state index is 12.7. The number of aryl methyl sites for hydroxylation is 3. The van der Waals surface area contributed by atoms with E-state index in [1.165, 1.54) is 0 Å². The molecule has 0 unspecified atom stereocenters. The minimum Gasteiger partial charge on any atom is -0.312 e. The van der Waals surface area contributed by atoms with E-state index < -0.39 is 10.0 Å². The summed E-state index contributed by atoms with van der Waals surface area (Å²) in [7, 11) is -3.65. The Kier molecular flexibility index (Phi) is 5.56. The second kappa shape index (κ2) is 7.72. The van der Waals surface area contributed by atoms with Gasteiger partial charge in [-0.1, -0.05) is 19.4 Å². The van der Waals surface area contributed by atoms with Gasteiger partial charge in [0.1, 0.15) is 0 Å². The predicted octanol–water partition coefficient (Wildman–Crippen LogP) is 4.18. The molecule has 0 aromatic heterocycles. The van der Waals surface area contributed by atoms with Gasteiger partial charge < -0.3 is 4.90 Å². The number of fused-ring (bicyclic) bond motifs is 1. The number of unbranched alkanes of at least 4 members (excludes halogenated alkanes) is 1. The molecule has 0 saturated heterocycles. The number of nitrogens with one attached hydrogen (secondary N) is 1. The van der Waals surface area contributed by atoms with E-state index >= 15 is 0 Å². The van der Waals surface area contributed by atoms with Crippen LogP contribution in [0, 0.1) is 13.8 Å². The first-order valence-electron chi connectivity index (χ1n) is 9.35. The number of nitrogens with zero attached hydrogens (tertiary/aromatic N) is 1. The normalized spacial score (nSPS) is 14.2. The summed E-state index contributed by atoms with van der Waals surface area (Å²) in [6.07, 6.45) is 3.07. The lowest BCUT2D eigenvalue weighted by molar-refractivity contribution is -0.118. The van der Waals surface area contributed by atoms with E-state index in [1.54, 1.807) is 18.2 Å². The molecule has 3 rings (SSSR count). The van der Waals surface area contributed by atoms with Crippen LogP contribution in [0.4, 0.5) is 11.4 Å². The van der Waals surface area contributed by atoms with Crippen molar-refractivity contribution in [2.24, 2.45) is 0 Å². The Morgan fingerprint density at radius 2 is 1.81 bits per heavy atom. The molecule has 1 aliphatic heterocycles. The van der Waals surface area contributed by atoms with Crippen LogP contribution in [0.25, 0.3) is 0 Å². The van der Waals surface area contributed by atoms with Crippen LogP contribution in [0.3, 0.4) is 0 Å². The van der Waals surface area contributed by atoms with Crippen molar-refractivity contribution < 1.29 is 13.2 Å². The zero-order chi connectivity index (χ0) is 19.6. The van der Waals surface area contributed by atoms with Gasteiger partial charge in [-0.25, -0.2) is 8.42 Å². The van der Waals surface area contributed by atoms with Gasteiger partial charge in [0.25, 0.3) is 10.0 Å². The van der Waals surface area contributed by atoms with Gasteiger partial charge in [0.2, 0.25) is 5.91 Å². The second-order valence-electron chi connectivity index (χ2n) is 7.09. The Bertz CT molecular complexity index is 967. The number of carbonyl (C=O) groups is 1. The van der Waals surface area contributed by atoms with Gasteiger partial charge in [-0.05, 0) is 73.7 Å². The molecule has 6 heteroatoms. The lowest BCUT2D eigenvalue weighted by Gasteiger charge is -2.29. The smallest absolute Gasteiger partial charge is 0.261 e. The average molecular weight is 387 g/mol. The molecule has 0 radical (unpaired) electrons. The fraction of sp³-hybridized carbons (Fsp3) is 0.381. The summed E-state index contributed by atoms with van der Waals surface area (Å²) in [5.74, 6) is 0.138. The average Bonchev–Trinajstić information content (AvgIpc) is 2.63. The number of benzene rings is 2. The van der Waals surface area contributed by atoms with Crippen LogP contribution in [0.1, 0.15) is 42.9 Å². The lowest BCUT2D eigenvalue weighted by atomic mass is 10.00. The van der Waals surface area contributed by atoms with Gasteiger partial charge in [-0.3, -0.25) is 9.52 Å². The lowest BCUT2D eigenvalue weighted by Crippen LogP contribution is -2.35. The zero-order valence-corrected chi connectivity index (χ0v) is 16.9. The Balaban J connectivity index is 1.86. The summed E-state index contributed by atoms with van der Waals surface area (Å²) in [5.41, 5.74) is 4.42. The number of carbonyl (C=O) groups excluding carboxylic acids is 1. The molecule has 2 aromatic carbocycles. The Labute approximate surface area is 161 Å². The van der Waals surface area contributed by atoms with E-state index in [4.69, 9.17) is 0 Å². The highest BCUT2D eigenvalue weighted by molar-refractivity contribution is 7.92. The van der Waals surface area contributed by atoms with Crippen LogP contribution in [0.15, 0.2) is 41.3 Å². The highest BCUT2D eigenvalue weighted by Gasteiger charge is 2.24. The standard InChI is InChI=1S/C21H26N2O3S/c1-4-5-12-23-20-10-8-18(14-17(20)7-11-21(23)24)22-27(25,26)19-9-6-15(2)16(3)13-19/h6,8-10,13-14,22H,4-5,7,11-12H2,1-3H3. The molecule has 5 nitrogen and oxygen atoms in total. The first kappa shape index (κ1) is 19.4. The van der Waals surface area contributed by atoms with Crippen LogP contribution >= 0.6 is 0 Å². The van der Waals surface area contributed by atoms with E-state index in [1.807, 2.05) is 36.9 Å². The second-order valence-corrected chi connectivity index (χ2v) is 8.78. The van der Waals surface area contributed by atoms with Crippen LogP contribution in [0.2, 0.25) is 0 Å². The van der Waals surface area contributed by atoms with Crippen LogP contribution < -0.4 is 9.62 Å². The van der Waals surface area contributed by atoms with Gasteiger partial charge in [0, 0.05) is 24.3 Å². The topological polar surface area (TPSA) is 66.5 Å². The van der Waals surface area contributed by atoms with Gasteiger partial charge in [-0.15, -0.1) is 0 Å². The Hall–Kier alpha value is -2.34. The molecule has 27 heavy (non-hydrogen) atoms. The van der Waals surface area contributed by atoms with Crippen molar-refractivity contribution in [1.82, 2.24) is 0 Å². The van der Waals surface area contributed by atoms with Crippen molar-refractivity contribution in [2.45, 2.75) is 51.3 Å². The van der Waals surface area contributed by atoms with Crippen LogP contribution in [0.5, 0.6) is 0 Å². The minimum absolute atomic E-state index is 0.138. The molecule has 0 bridgehead atoms. The molecule has 1 amide bonds. The molecule has 0 aliphatic carbocycles. The molecule has 0 atom stereocenters. The van der Waals surface area contributed by atoms with Crippen molar-refractivity contribution in [3.8, 4) is 0 Å².